The topological polar surface area (TPSA) is 43.4 Å². The first-order valence-corrected chi connectivity index (χ1v) is 5.42. The van der Waals surface area contributed by atoms with Gasteiger partial charge >= 0.3 is 5.97 Å². The molecule has 0 aliphatic heterocycles. The van der Waals surface area contributed by atoms with Gasteiger partial charge in [-0.1, -0.05) is 13.3 Å². The lowest BCUT2D eigenvalue weighted by Crippen LogP contribution is -2.22. The van der Waals surface area contributed by atoms with Gasteiger partial charge < -0.3 is 4.74 Å². The van der Waals surface area contributed by atoms with E-state index in [1.807, 2.05) is 6.92 Å². The first-order chi connectivity index (χ1) is 6.74. The monoisotopic (exact) mass is 198 g/mol. The van der Waals surface area contributed by atoms with Crippen molar-refractivity contribution in [3.05, 3.63) is 0 Å². The molecule has 14 heavy (non-hydrogen) atoms. The second kappa shape index (κ2) is 5.78. The molecule has 0 bridgehead atoms. The molecular formula is C11H18O3. The lowest BCUT2D eigenvalue weighted by atomic mass is 9.81. The minimum atomic E-state index is -0.237. The van der Waals surface area contributed by atoms with Gasteiger partial charge in [-0.05, 0) is 19.3 Å². The number of hydrogen-bond acceptors (Lipinski definition) is 3. The molecule has 1 fully saturated rings. The van der Waals surface area contributed by atoms with E-state index in [0.29, 0.717) is 13.0 Å². The predicted octanol–water partition coefficient (Wildman–Crippen LogP) is 2.09. The van der Waals surface area contributed by atoms with E-state index in [2.05, 4.69) is 0 Å². The Morgan fingerprint density at radius 3 is 2.50 bits per heavy atom. The second-order valence-corrected chi connectivity index (χ2v) is 3.81. The number of rotatable bonds is 6. The molecule has 0 saturated heterocycles. The van der Waals surface area contributed by atoms with E-state index in [0.717, 1.165) is 25.7 Å². The predicted molar refractivity (Wildman–Crippen MR) is 52.8 cm³/mol. The van der Waals surface area contributed by atoms with Crippen LogP contribution >= 0.6 is 0 Å². The third-order valence-electron chi connectivity index (χ3n) is 2.60. The summed E-state index contributed by atoms with van der Waals surface area (Å²) in [6.07, 6.45) is 4.66. The summed E-state index contributed by atoms with van der Waals surface area (Å²) in [7, 11) is 0. The fourth-order valence-electron chi connectivity index (χ4n) is 1.45. The third-order valence-corrected chi connectivity index (χ3v) is 2.60. The quantitative estimate of drug-likeness (QED) is 0.614. The molecule has 0 heterocycles. The second-order valence-electron chi connectivity index (χ2n) is 3.81. The first kappa shape index (κ1) is 11.2. The Labute approximate surface area is 84.8 Å². The van der Waals surface area contributed by atoms with Crippen molar-refractivity contribution in [3.63, 3.8) is 0 Å². The van der Waals surface area contributed by atoms with Crippen molar-refractivity contribution < 1.29 is 14.3 Å². The van der Waals surface area contributed by atoms with Crippen LogP contribution in [0.3, 0.4) is 0 Å². The average molecular weight is 198 g/mol. The molecule has 3 nitrogen and oxygen atoms in total. The Bertz CT molecular complexity index is 207. The van der Waals surface area contributed by atoms with Crippen LogP contribution in [0, 0.1) is 5.92 Å². The van der Waals surface area contributed by atoms with Gasteiger partial charge in [-0.15, -0.1) is 0 Å². The number of Topliss-reactive ketones (excluding diaryl/α,β-unsaturated/α-hetero) is 1. The van der Waals surface area contributed by atoms with Crippen molar-refractivity contribution in [3.8, 4) is 0 Å². The van der Waals surface area contributed by atoms with Gasteiger partial charge in [-0.2, -0.15) is 0 Å². The zero-order valence-corrected chi connectivity index (χ0v) is 8.75. The molecule has 0 aromatic rings. The van der Waals surface area contributed by atoms with Crippen LogP contribution in [0.25, 0.3) is 0 Å². The SMILES string of the molecule is CCCOC(=O)CCC(=O)C1CCC1. The normalized spacial score (nSPS) is 16.1. The maximum atomic E-state index is 11.4. The highest BCUT2D eigenvalue weighted by Crippen LogP contribution is 2.28. The molecule has 1 aliphatic carbocycles. The smallest absolute Gasteiger partial charge is 0.306 e. The van der Waals surface area contributed by atoms with Gasteiger partial charge in [0, 0.05) is 12.3 Å². The van der Waals surface area contributed by atoms with Gasteiger partial charge in [-0.25, -0.2) is 0 Å². The minimum Gasteiger partial charge on any atom is -0.466 e. The van der Waals surface area contributed by atoms with Crippen LogP contribution in [0.2, 0.25) is 0 Å². The van der Waals surface area contributed by atoms with Crippen molar-refractivity contribution in [2.24, 2.45) is 5.92 Å². The number of carbonyl (C=O) groups is 2. The van der Waals surface area contributed by atoms with Crippen LogP contribution in [0.4, 0.5) is 0 Å². The lowest BCUT2D eigenvalue weighted by molar-refractivity contribution is -0.145. The van der Waals surface area contributed by atoms with Crippen molar-refractivity contribution in [1.29, 1.82) is 0 Å². The zero-order valence-electron chi connectivity index (χ0n) is 8.75. The van der Waals surface area contributed by atoms with E-state index in [-0.39, 0.29) is 24.1 Å². The molecule has 3 heteroatoms. The summed E-state index contributed by atoms with van der Waals surface area (Å²) < 4.78 is 4.88. The Balaban J connectivity index is 2.06. The molecule has 1 saturated carbocycles. The number of hydrogen-bond donors (Lipinski definition) is 0. The number of esters is 1. The van der Waals surface area contributed by atoms with Gasteiger partial charge in [-0.3, -0.25) is 9.59 Å². The number of ketones is 1. The van der Waals surface area contributed by atoms with Gasteiger partial charge in [0.25, 0.3) is 0 Å². The molecule has 0 unspecified atom stereocenters. The Morgan fingerprint density at radius 1 is 1.29 bits per heavy atom. The van der Waals surface area contributed by atoms with E-state index in [1.165, 1.54) is 0 Å². The summed E-state index contributed by atoms with van der Waals surface area (Å²) in [4.78, 5) is 22.5. The lowest BCUT2D eigenvalue weighted by Gasteiger charge is -2.23. The summed E-state index contributed by atoms with van der Waals surface area (Å²) >= 11 is 0. The van der Waals surface area contributed by atoms with Crippen LogP contribution in [-0.2, 0) is 14.3 Å². The molecule has 0 aromatic carbocycles. The largest absolute Gasteiger partial charge is 0.466 e. The van der Waals surface area contributed by atoms with Crippen molar-refractivity contribution in [2.75, 3.05) is 6.61 Å². The molecule has 0 atom stereocenters. The maximum Gasteiger partial charge on any atom is 0.306 e. The van der Waals surface area contributed by atoms with E-state index in [1.54, 1.807) is 0 Å². The molecule has 0 spiro atoms. The third kappa shape index (κ3) is 3.48. The highest BCUT2D eigenvalue weighted by atomic mass is 16.5. The molecule has 80 valence electrons. The maximum absolute atomic E-state index is 11.4. The standard InChI is InChI=1S/C11H18O3/c1-2-8-14-11(13)7-6-10(12)9-4-3-5-9/h9H,2-8H2,1H3. The van der Waals surface area contributed by atoms with Crippen LogP contribution in [-0.4, -0.2) is 18.4 Å². The molecular weight excluding hydrogens is 180 g/mol. The Morgan fingerprint density at radius 2 is 2.00 bits per heavy atom. The van der Waals surface area contributed by atoms with E-state index < -0.39 is 0 Å². The molecule has 0 amide bonds. The highest BCUT2D eigenvalue weighted by Gasteiger charge is 2.25. The summed E-state index contributed by atoms with van der Waals surface area (Å²) in [6, 6.07) is 0. The Hall–Kier alpha value is -0.860. The van der Waals surface area contributed by atoms with Gasteiger partial charge in [0.1, 0.15) is 5.78 Å². The summed E-state index contributed by atoms with van der Waals surface area (Å²) in [5.41, 5.74) is 0. The summed E-state index contributed by atoms with van der Waals surface area (Å²) in [6.45, 7) is 2.42. The van der Waals surface area contributed by atoms with Crippen LogP contribution in [0.5, 0.6) is 0 Å². The molecule has 0 N–H and O–H groups in total. The molecule has 1 aliphatic rings. The van der Waals surface area contributed by atoms with Crippen molar-refractivity contribution in [2.45, 2.75) is 45.4 Å². The molecule has 1 rings (SSSR count). The molecule has 0 aromatic heterocycles. The summed E-state index contributed by atoms with van der Waals surface area (Å²) in [5, 5.41) is 0. The number of ether oxygens (including phenoxy) is 1. The fraction of sp³-hybridized carbons (Fsp3) is 0.818. The Kier molecular flexibility index (Phi) is 4.63. The summed E-state index contributed by atoms with van der Waals surface area (Å²) in [5.74, 6) is 0.248. The number of carbonyl (C=O) groups excluding carboxylic acids is 2. The molecule has 0 radical (unpaired) electrons. The van der Waals surface area contributed by atoms with Gasteiger partial charge in [0.2, 0.25) is 0 Å². The van der Waals surface area contributed by atoms with E-state index in [9.17, 15) is 9.59 Å². The first-order valence-electron chi connectivity index (χ1n) is 5.42. The van der Waals surface area contributed by atoms with E-state index in [4.69, 9.17) is 4.74 Å². The highest BCUT2D eigenvalue weighted by molar-refractivity contribution is 5.85. The average Bonchev–Trinajstić information content (AvgIpc) is 2.08. The van der Waals surface area contributed by atoms with Crippen LogP contribution in [0.1, 0.15) is 45.4 Å². The fourth-order valence-corrected chi connectivity index (χ4v) is 1.45. The van der Waals surface area contributed by atoms with Gasteiger partial charge in [0.05, 0.1) is 13.0 Å². The minimum absolute atomic E-state index is 0.237. The zero-order chi connectivity index (χ0) is 10.4. The van der Waals surface area contributed by atoms with Crippen molar-refractivity contribution >= 4 is 11.8 Å². The van der Waals surface area contributed by atoms with Crippen LogP contribution < -0.4 is 0 Å². The van der Waals surface area contributed by atoms with Crippen molar-refractivity contribution in [1.82, 2.24) is 0 Å². The van der Waals surface area contributed by atoms with E-state index >= 15 is 0 Å². The van der Waals surface area contributed by atoms with Crippen LogP contribution in [0.15, 0.2) is 0 Å². The van der Waals surface area contributed by atoms with Gasteiger partial charge in [0.15, 0.2) is 0 Å².